The molecule has 0 aromatic rings. The van der Waals surface area contributed by atoms with Gasteiger partial charge >= 0.3 is 0 Å². The number of aliphatic hydroxyl groups is 1. The fraction of sp³-hybridized carbons (Fsp3) is 1.00. The summed E-state index contributed by atoms with van der Waals surface area (Å²) in [5.41, 5.74) is 0. The van der Waals surface area contributed by atoms with E-state index in [4.69, 9.17) is 5.11 Å². The number of hydrogen-bond acceptors (Lipinski definition) is 1. The predicted molar refractivity (Wildman–Crippen MR) is 95.8 cm³/mol. The second-order valence-corrected chi connectivity index (χ2v) is 6.82. The lowest BCUT2D eigenvalue weighted by atomic mass is 9.93. The van der Waals surface area contributed by atoms with Crippen LogP contribution in [0, 0.1) is 5.92 Å². The maximum absolute atomic E-state index is 8.70. The van der Waals surface area contributed by atoms with Crippen molar-refractivity contribution in [3.05, 3.63) is 0 Å². The predicted octanol–water partition coefficient (Wildman–Crippen LogP) is 6.88. The maximum atomic E-state index is 8.70. The number of unbranched alkanes of at least 4 members (excludes halogenated alkanes) is 11. The van der Waals surface area contributed by atoms with Crippen molar-refractivity contribution in [1.29, 1.82) is 0 Å². The topological polar surface area (TPSA) is 20.2 Å². The summed E-state index contributed by atoms with van der Waals surface area (Å²) in [6.45, 7) is 5.04. The summed E-state index contributed by atoms with van der Waals surface area (Å²) in [6, 6.07) is 0. The van der Waals surface area contributed by atoms with E-state index in [1.807, 2.05) is 0 Å². The molecule has 1 unspecified atom stereocenters. The zero-order valence-electron chi connectivity index (χ0n) is 15.0. The second-order valence-electron chi connectivity index (χ2n) is 6.82. The van der Waals surface area contributed by atoms with Gasteiger partial charge in [-0.25, -0.2) is 0 Å². The molecule has 0 fully saturated rings. The van der Waals surface area contributed by atoms with Crippen molar-refractivity contribution in [2.45, 2.75) is 117 Å². The minimum atomic E-state index is 0.372. The van der Waals surface area contributed by atoms with Gasteiger partial charge in [-0.15, -0.1) is 0 Å². The minimum absolute atomic E-state index is 0.372. The average molecular weight is 299 g/mol. The molecule has 21 heavy (non-hydrogen) atoms. The van der Waals surface area contributed by atoms with Gasteiger partial charge in [0.05, 0.1) is 0 Å². The van der Waals surface area contributed by atoms with Crippen LogP contribution in [0.5, 0.6) is 0 Å². The van der Waals surface area contributed by atoms with Gasteiger partial charge in [0.25, 0.3) is 0 Å². The first-order chi connectivity index (χ1) is 10.3. The molecular formula is C20H42O. The molecule has 1 heteroatoms. The Balaban J connectivity index is 3.14. The van der Waals surface area contributed by atoms with Crippen molar-refractivity contribution >= 4 is 0 Å². The Morgan fingerprint density at radius 3 is 1.43 bits per heavy atom. The van der Waals surface area contributed by atoms with Crippen molar-refractivity contribution in [2.75, 3.05) is 6.61 Å². The third-order valence-electron chi connectivity index (χ3n) is 4.81. The fourth-order valence-electron chi connectivity index (χ4n) is 3.18. The lowest BCUT2D eigenvalue weighted by Crippen LogP contribution is -1.98. The fourth-order valence-corrected chi connectivity index (χ4v) is 3.18. The third kappa shape index (κ3) is 16.2. The van der Waals surface area contributed by atoms with Crippen LogP contribution in [0.3, 0.4) is 0 Å². The first-order valence-electron chi connectivity index (χ1n) is 9.96. The largest absolute Gasteiger partial charge is 0.396 e. The van der Waals surface area contributed by atoms with Crippen LogP contribution in [0.2, 0.25) is 0 Å². The Bertz CT molecular complexity index is 179. The van der Waals surface area contributed by atoms with Crippen molar-refractivity contribution < 1.29 is 5.11 Å². The van der Waals surface area contributed by atoms with E-state index in [-0.39, 0.29) is 0 Å². The summed E-state index contributed by atoms with van der Waals surface area (Å²) in [6.07, 6.45) is 22.1. The number of rotatable bonds is 17. The molecule has 0 spiro atoms. The molecule has 0 aliphatic carbocycles. The van der Waals surface area contributed by atoms with Crippen molar-refractivity contribution in [1.82, 2.24) is 0 Å². The van der Waals surface area contributed by atoms with Gasteiger partial charge in [-0.2, -0.15) is 0 Å². The summed E-state index contributed by atoms with van der Waals surface area (Å²) in [5, 5.41) is 8.70. The van der Waals surface area contributed by atoms with Gasteiger partial charge in [0.2, 0.25) is 0 Å². The first kappa shape index (κ1) is 21.0. The summed E-state index contributed by atoms with van der Waals surface area (Å²) in [5.74, 6) is 1.00. The van der Waals surface area contributed by atoms with Crippen LogP contribution in [-0.4, -0.2) is 11.7 Å². The average Bonchev–Trinajstić information content (AvgIpc) is 2.51. The van der Waals surface area contributed by atoms with E-state index in [1.165, 1.54) is 96.3 Å². The van der Waals surface area contributed by atoms with E-state index in [0.29, 0.717) is 6.61 Å². The Hall–Kier alpha value is -0.0400. The maximum Gasteiger partial charge on any atom is 0.0431 e. The normalized spacial score (nSPS) is 12.7. The monoisotopic (exact) mass is 298 g/mol. The molecule has 0 bridgehead atoms. The van der Waals surface area contributed by atoms with Crippen LogP contribution in [0.4, 0.5) is 0 Å². The highest BCUT2D eigenvalue weighted by atomic mass is 16.2. The molecular weight excluding hydrogens is 256 g/mol. The molecule has 0 aliphatic rings. The van der Waals surface area contributed by atoms with E-state index in [1.54, 1.807) is 0 Å². The summed E-state index contributed by atoms with van der Waals surface area (Å²) < 4.78 is 0. The van der Waals surface area contributed by atoms with Crippen molar-refractivity contribution in [2.24, 2.45) is 5.92 Å². The molecule has 128 valence electrons. The van der Waals surface area contributed by atoms with E-state index in [2.05, 4.69) is 13.8 Å². The zero-order valence-corrected chi connectivity index (χ0v) is 15.0. The number of aliphatic hydroxyl groups excluding tert-OH is 1. The van der Waals surface area contributed by atoms with E-state index >= 15 is 0 Å². The molecule has 0 radical (unpaired) electrons. The van der Waals surface area contributed by atoms with Crippen LogP contribution >= 0.6 is 0 Å². The highest BCUT2D eigenvalue weighted by molar-refractivity contribution is 4.58. The Morgan fingerprint density at radius 1 is 0.571 bits per heavy atom. The standard InChI is InChI=1S/C20H42O/c1-3-5-17-20(4-2)18-15-13-11-9-7-6-8-10-12-14-16-19-21/h20-21H,3-19H2,1-2H3. The van der Waals surface area contributed by atoms with Crippen LogP contribution < -0.4 is 0 Å². The smallest absolute Gasteiger partial charge is 0.0431 e. The minimum Gasteiger partial charge on any atom is -0.396 e. The van der Waals surface area contributed by atoms with E-state index in [0.717, 1.165) is 12.3 Å². The Labute approximate surface area is 134 Å². The van der Waals surface area contributed by atoms with E-state index in [9.17, 15) is 0 Å². The van der Waals surface area contributed by atoms with Crippen LogP contribution in [0.1, 0.15) is 117 Å². The molecule has 0 aromatic heterocycles. The van der Waals surface area contributed by atoms with Crippen LogP contribution in [-0.2, 0) is 0 Å². The van der Waals surface area contributed by atoms with Gasteiger partial charge in [0.15, 0.2) is 0 Å². The van der Waals surface area contributed by atoms with Gasteiger partial charge in [-0.05, 0) is 12.3 Å². The van der Waals surface area contributed by atoms with Gasteiger partial charge in [-0.3, -0.25) is 0 Å². The second kappa shape index (κ2) is 18.0. The lowest BCUT2D eigenvalue weighted by Gasteiger charge is -2.13. The SMILES string of the molecule is CCCCC(CC)CCCCCCCCCCCCCO. The van der Waals surface area contributed by atoms with Gasteiger partial charge in [0, 0.05) is 6.61 Å². The molecule has 1 nitrogen and oxygen atoms in total. The highest BCUT2D eigenvalue weighted by Gasteiger charge is 2.04. The van der Waals surface area contributed by atoms with Gasteiger partial charge < -0.3 is 5.11 Å². The lowest BCUT2D eigenvalue weighted by molar-refractivity contribution is 0.282. The molecule has 0 saturated carbocycles. The Morgan fingerprint density at radius 2 is 1.00 bits per heavy atom. The van der Waals surface area contributed by atoms with E-state index < -0.39 is 0 Å². The molecule has 0 heterocycles. The van der Waals surface area contributed by atoms with Gasteiger partial charge in [-0.1, -0.05) is 110 Å². The first-order valence-corrected chi connectivity index (χ1v) is 9.96. The van der Waals surface area contributed by atoms with Crippen molar-refractivity contribution in [3.63, 3.8) is 0 Å². The molecule has 1 N–H and O–H groups in total. The molecule has 0 amide bonds. The van der Waals surface area contributed by atoms with Crippen LogP contribution in [0.15, 0.2) is 0 Å². The molecule has 0 aromatic carbocycles. The van der Waals surface area contributed by atoms with Crippen LogP contribution in [0.25, 0.3) is 0 Å². The summed E-state index contributed by atoms with van der Waals surface area (Å²) >= 11 is 0. The Kier molecular flexibility index (Phi) is 18.0. The highest BCUT2D eigenvalue weighted by Crippen LogP contribution is 2.20. The zero-order chi connectivity index (χ0) is 15.6. The van der Waals surface area contributed by atoms with Crippen molar-refractivity contribution in [3.8, 4) is 0 Å². The molecule has 0 rings (SSSR count). The molecule has 0 aliphatic heterocycles. The molecule has 1 atom stereocenters. The molecule has 0 saturated heterocycles. The number of hydrogen-bond donors (Lipinski definition) is 1. The third-order valence-corrected chi connectivity index (χ3v) is 4.81. The quantitative estimate of drug-likeness (QED) is 0.290. The van der Waals surface area contributed by atoms with Gasteiger partial charge in [0.1, 0.15) is 0 Å². The summed E-state index contributed by atoms with van der Waals surface area (Å²) in [4.78, 5) is 0. The summed E-state index contributed by atoms with van der Waals surface area (Å²) in [7, 11) is 0.